The van der Waals surface area contributed by atoms with E-state index >= 15 is 0 Å². The van der Waals surface area contributed by atoms with Crippen molar-refractivity contribution in [2.24, 2.45) is 0 Å². The van der Waals surface area contributed by atoms with Crippen LogP contribution in [0.1, 0.15) is 21.5 Å². The number of fused-ring (bicyclic) bond motifs is 3. The minimum atomic E-state index is -0.906. The third-order valence-electron chi connectivity index (χ3n) is 5.52. The van der Waals surface area contributed by atoms with Crippen molar-refractivity contribution in [2.45, 2.75) is 6.42 Å². The van der Waals surface area contributed by atoms with Gasteiger partial charge in [0.15, 0.2) is 0 Å². The van der Waals surface area contributed by atoms with Crippen molar-refractivity contribution in [3.8, 4) is 33.4 Å². The van der Waals surface area contributed by atoms with Gasteiger partial charge in [0.1, 0.15) is 0 Å². The fourth-order valence-corrected chi connectivity index (χ4v) is 4.27. The van der Waals surface area contributed by atoms with E-state index in [1.165, 1.54) is 27.8 Å². The minimum Gasteiger partial charge on any atom is -0.478 e. The van der Waals surface area contributed by atoms with Crippen LogP contribution in [-0.4, -0.2) is 11.1 Å². The summed E-state index contributed by atoms with van der Waals surface area (Å²) >= 11 is 0. The van der Waals surface area contributed by atoms with Gasteiger partial charge in [-0.2, -0.15) is 0 Å². The molecule has 1 aliphatic carbocycles. The first kappa shape index (κ1) is 16.5. The van der Waals surface area contributed by atoms with E-state index in [9.17, 15) is 9.90 Å². The molecule has 0 atom stereocenters. The lowest BCUT2D eigenvalue weighted by Gasteiger charge is -2.15. The maximum absolute atomic E-state index is 11.8. The van der Waals surface area contributed by atoms with E-state index in [1.54, 1.807) is 12.1 Å². The summed E-state index contributed by atoms with van der Waals surface area (Å²) in [6, 6.07) is 30.3. The van der Waals surface area contributed by atoms with E-state index in [1.807, 2.05) is 30.3 Å². The molecule has 0 saturated heterocycles. The van der Waals surface area contributed by atoms with Crippen molar-refractivity contribution in [1.82, 2.24) is 0 Å². The summed E-state index contributed by atoms with van der Waals surface area (Å²) in [4.78, 5) is 11.8. The zero-order chi connectivity index (χ0) is 19.1. The molecule has 0 spiro atoms. The highest BCUT2D eigenvalue weighted by molar-refractivity contribution is 5.99. The van der Waals surface area contributed by atoms with Gasteiger partial charge in [0.25, 0.3) is 0 Å². The van der Waals surface area contributed by atoms with Crippen molar-refractivity contribution in [2.75, 3.05) is 0 Å². The first-order valence-corrected chi connectivity index (χ1v) is 9.36. The van der Waals surface area contributed by atoms with Crippen LogP contribution in [0.2, 0.25) is 0 Å². The molecule has 4 aromatic rings. The fourth-order valence-electron chi connectivity index (χ4n) is 4.27. The Balaban J connectivity index is 1.74. The van der Waals surface area contributed by atoms with Gasteiger partial charge in [-0.3, -0.25) is 0 Å². The molecule has 0 heterocycles. The highest BCUT2D eigenvalue weighted by Crippen LogP contribution is 2.44. The number of benzene rings is 4. The first-order valence-electron chi connectivity index (χ1n) is 9.36. The van der Waals surface area contributed by atoms with Gasteiger partial charge in [-0.25, -0.2) is 4.79 Å². The molecule has 1 N–H and O–H groups in total. The van der Waals surface area contributed by atoms with Crippen LogP contribution in [0.5, 0.6) is 0 Å². The van der Waals surface area contributed by atoms with E-state index < -0.39 is 5.97 Å². The largest absolute Gasteiger partial charge is 0.478 e. The maximum Gasteiger partial charge on any atom is 0.336 e. The molecular formula is C26H18O2. The van der Waals surface area contributed by atoms with Gasteiger partial charge < -0.3 is 5.11 Å². The second kappa shape index (κ2) is 6.50. The molecule has 28 heavy (non-hydrogen) atoms. The lowest BCUT2D eigenvalue weighted by atomic mass is 9.88. The molecule has 0 amide bonds. The predicted molar refractivity (Wildman–Crippen MR) is 113 cm³/mol. The van der Waals surface area contributed by atoms with Gasteiger partial charge in [-0.05, 0) is 57.0 Å². The molecule has 134 valence electrons. The van der Waals surface area contributed by atoms with Crippen molar-refractivity contribution in [3.05, 3.63) is 108 Å². The molecule has 0 saturated carbocycles. The molecule has 2 nitrogen and oxygen atoms in total. The average molecular weight is 362 g/mol. The quantitative estimate of drug-likeness (QED) is 0.409. The average Bonchev–Trinajstić information content (AvgIpc) is 3.12. The molecule has 0 aromatic heterocycles. The first-order chi connectivity index (χ1) is 13.7. The summed E-state index contributed by atoms with van der Waals surface area (Å²) in [7, 11) is 0. The van der Waals surface area contributed by atoms with Crippen LogP contribution in [0.3, 0.4) is 0 Å². The van der Waals surface area contributed by atoms with Crippen molar-refractivity contribution < 1.29 is 9.90 Å². The van der Waals surface area contributed by atoms with Crippen molar-refractivity contribution in [1.29, 1.82) is 0 Å². The molecule has 5 rings (SSSR count). The Bertz CT molecular complexity index is 1220. The van der Waals surface area contributed by atoms with Crippen LogP contribution in [0, 0.1) is 0 Å². The Kier molecular flexibility index (Phi) is 3.84. The molecule has 0 fully saturated rings. The van der Waals surface area contributed by atoms with E-state index in [4.69, 9.17) is 0 Å². The second-order valence-corrected chi connectivity index (χ2v) is 7.06. The Morgan fingerprint density at radius 1 is 0.571 bits per heavy atom. The lowest BCUT2D eigenvalue weighted by Crippen LogP contribution is -2.00. The molecule has 0 aliphatic heterocycles. The topological polar surface area (TPSA) is 37.3 Å². The van der Waals surface area contributed by atoms with Crippen LogP contribution in [0.25, 0.3) is 33.4 Å². The summed E-state index contributed by atoms with van der Waals surface area (Å²) < 4.78 is 0. The zero-order valence-electron chi connectivity index (χ0n) is 15.2. The number of carboxylic acids is 1. The Morgan fingerprint density at radius 3 is 1.79 bits per heavy atom. The normalized spacial score (nSPS) is 11.7. The smallest absolute Gasteiger partial charge is 0.336 e. The van der Waals surface area contributed by atoms with Crippen LogP contribution < -0.4 is 0 Å². The SMILES string of the molecule is O=C(O)c1ccccc1-c1ccccc1-c1cccc2c1Cc1ccccc1-2. The summed E-state index contributed by atoms with van der Waals surface area (Å²) in [5, 5.41) is 9.66. The third-order valence-corrected chi connectivity index (χ3v) is 5.52. The van der Waals surface area contributed by atoms with Gasteiger partial charge in [-0.1, -0.05) is 84.9 Å². The molecule has 0 radical (unpaired) electrons. The summed E-state index contributed by atoms with van der Waals surface area (Å²) in [6.07, 6.45) is 0.899. The van der Waals surface area contributed by atoms with Crippen LogP contribution in [-0.2, 0) is 6.42 Å². The maximum atomic E-state index is 11.8. The monoisotopic (exact) mass is 362 g/mol. The predicted octanol–water partition coefficient (Wildman–Crippen LogP) is 6.29. The Morgan fingerprint density at radius 2 is 1.07 bits per heavy atom. The van der Waals surface area contributed by atoms with Gasteiger partial charge in [0.2, 0.25) is 0 Å². The number of carboxylic acid groups (broad SMARTS) is 1. The number of carbonyl (C=O) groups is 1. The van der Waals surface area contributed by atoms with Crippen molar-refractivity contribution >= 4 is 5.97 Å². The third kappa shape index (κ3) is 2.54. The molecule has 4 aromatic carbocycles. The van der Waals surface area contributed by atoms with E-state index in [0.717, 1.165) is 23.1 Å². The molecule has 2 heteroatoms. The van der Waals surface area contributed by atoms with Crippen LogP contribution >= 0.6 is 0 Å². The summed E-state index contributed by atoms with van der Waals surface area (Å²) in [5.41, 5.74) is 9.48. The van der Waals surface area contributed by atoms with E-state index in [0.29, 0.717) is 5.56 Å². The molecule has 1 aliphatic rings. The molecule has 0 bridgehead atoms. The zero-order valence-corrected chi connectivity index (χ0v) is 15.2. The standard InChI is InChI=1S/C26H18O2/c27-26(28)24-13-6-5-12-22(24)20-10-3-4-11-21(20)23-15-7-14-19-18-9-2-1-8-17(18)16-25(19)23/h1-15H,16H2,(H,27,28). The summed E-state index contributed by atoms with van der Waals surface area (Å²) in [5.74, 6) is -0.906. The molecule has 0 unspecified atom stereocenters. The number of hydrogen-bond acceptors (Lipinski definition) is 1. The van der Waals surface area contributed by atoms with Gasteiger partial charge in [0.05, 0.1) is 5.56 Å². The highest BCUT2D eigenvalue weighted by Gasteiger charge is 2.23. The number of aromatic carboxylic acids is 1. The van der Waals surface area contributed by atoms with E-state index in [-0.39, 0.29) is 0 Å². The molecular weight excluding hydrogens is 344 g/mol. The lowest BCUT2D eigenvalue weighted by molar-refractivity contribution is 0.0697. The van der Waals surface area contributed by atoms with Gasteiger partial charge in [0, 0.05) is 0 Å². The van der Waals surface area contributed by atoms with Crippen LogP contribution in [0.4, 0.5) is 0 Å². The highest BCUT2D eigenvalue weighted by atomic mass is 16.4. The van der Waals surface area contributed by atoms with Gasteiger partial charge in [-0.15, -0.1) is 0 Å². The van der Waals surface area contributed by atoms with Gasteiger partial charge >= 0.3 is 5.97 Å². The second-order valence-electron chi connectivity index (χ2n) is 7.06. The number of rotatable bonds is 3. The van der Waals surface area contributed by atoms with Crippen LogP contribution in [0.15, 0.2) is 91.0 Å². The fraction of sp³-hybridized carbons (Fsp3) is 0.0385. The van der Waals surface area contributed by atoms with Crippen molar-refractivity contribution in [3.63, 3.8) is 0 Å². The minimum absolute atomic E-state index is 0.325. The Hall–Kier alpha value is -3.65. The Labute approximate surface area is 163 Å². The number of hydrogen-bond donors (Lipinski definition) is 1. The van der Waals surface area contributed by atoms with E-state index in [2.05, 4.69) is 48.5 Å². The summed E-state index contributed by atoms with van der Waals surface area (Å²) in [6.45, 7) is 0.